The van der Waals surface area contributed by atoms with Crippen LogP contribution in [0.15, 0.2) is 24.5 Å². The fraction of sp³-hybridized carbons (Fsp3) is 0.600. The van der Waals surface area contributed by atoms with Gasteiger partial charge in [-0.05, 0) is 25.0 Å². The van der Waals surface area contributed by atoms with E-state index in [4.69, 9.17) is 9.47 Å². The summed E-state index contributed by atoms with van der Waals surface area (Å²) in [6.45, 7) is 3.06. The molecule has 0 spiro atoms. The Bertz CT molecular complexity index is 1110. The number of fused-ring (bicyclic) bond motifs is 4. The second kappa shape index (κ2) is 11.7. The topological polar surface area (TPSA) is 132 Å². The first-order chi connectivity index (χ1) is 18.1. The molecule has 0 saturated carbocycles. The van der Waals surface area contributed by atoms with Crippen molar-refractivity contribution in [2.75, 3.05) is 32.8 Å². The number of pyridine rings is 1. The van der Waals surface area contributed by atoms with Crippen molar-refractivity contribution in [3.8, 4) is 5.75 Å². The first kappa shape index (κ1) is 25.1. The fourth-order valence-corrected chi connectivity index (χ4v) is 5.01. The van der Waals surface area contributed by atoms with Crippen LogP contribution in [0.2, 0.25) is 0 Å². The van der Waals surface area contributed by atoms with Gasteiger partial charge in [-0.2, -0.15) is 0 Å². The number of amides is 3. The first-order valence-electron chi connectivity index (χ1n) is 13.0. The van der Waals surface area contributed by atoms with Crippen molar-refractivity contribution in [3.63, 3.8) is 0 Å². The molecule has 2 atom stereocenters. The maximum absolute atomic E-state index is 13.1. The molecule has 2 bridgehead atoms. The van der Waals surface area contributed by atoms with E-state index in [1.165, 1.54) is 6.20 Å². The number of ether oxygens (including phenoxy) is 2. The Hall–Kier alpha value is -3.54. The molecule has 12 nitrogen and oxygen atoms in total. The number of nitrogens with one attached hydrogen (secondary N) is 1. The Labute approximate surface area is 215 Å². The third-order valence-electron chi connectivity index (χ3n) is 7.04. The van der Waals surface area contributed by atoms with E-state index in [1.54, 1.807) is 27.9 Å². The number of hydrogen-bond acceptors (Lipinski definition) is 8. The Morgan fingerprint density at radius 3 is 2.62 bits per heavy atom. The van der Waals surface area contributed by atoms with Gasteiger partial charge in [-0.25, -0.2) is 9.67 Å². The van der Waals surface area contributed by atoms with Crippen molar-refractivity contribution in [2.45, 2.75) is 63.8 Å². The zero-order valence-electron chi connectivity index (χ0n) is 20.9. The van der Waals surface area contributed by atoms with Crippen LogP contribution in [0.25, 0.3) is 0 Å². The predicted molar refractivity (Wildman–Crippen MR) is 130 cm³/mol. The highest BCUT2D eigenvalue weighted by molar-refractivity contribution is 5.95. The van der Waals surface area contributed by atoms with Crippen molar-refractivity contribution < 1.29 is 23.9 Å². The molecule has 0 aliphatic carbocycles. The van der Waals surface area contributed by atoms with Gasteiger partial charge in [-0.3, -0.25) is 14.4 Å². The van der Waals surface area contributed by atoms with Crippen molar-refractivity contribution in [2.24, 2.45) is 0 Å². The summed E-state index contributed by atoms with van der Waals surface area (Å²) in [6, 6.07) is 2.95. The molecule has 1 N–H and O–H groups in total. The van der Waals surface area contributed by atoms with E-state index in [-0.39, 0.29) is 43.5 Å². The molecule has 37 heavy (non-hydrogen) atoms. The Morgan fingerprint density at radius 1 is 1.03 bits per heavy atom. The summed E-state index contributed by atoms with van der Waals surface area (Å²) < 4.78 is 13.6. The Morgan fingerprint density at radius 2 is 1.81 bits per heavy atom. The SMILES string of the molecule is O=C1N[C@H]2CN(C(=O)CCC(=O)N3CCCCCC3)C[C@@H]2OCc2cn(nn2)CCOc2cccnc21. The highest BCUT2D eigenvalue weighted by Crippen LogP contribution is 2.21. The second-order valence-electron chi connectivity index (χ2n) is 9.69. The minimum absolute atomic E-state index is 0.0309. The molecule has 5 rings (SSSR count). The molecule has 2 aromatic rings. The number of likely N-dealkylation sites (tertiary alicyclic amines) is 2. The zero-order chi connectivity index (χ0) is 25.6. The second-order valence-corrected chi connectivity index (χ2v) is 9.69. The van der Waals surface area contributed by atoms with Crippen molar-refractivity contribution in [1.82, 2.24) is 35.1 Å². The van der Waals surface area contributed by atoms with Crippen LogP contribution >= 0.6 is 0 Å². The number of rotatable bonds is 3. The van der Waals surface area contributed by atoms with Crippen LogP contribution in [0.4, 0.5) is 0 Å². The van der Waals surface area contributed by atoms with Crippen LogP contribution in [-0.2, 0) is 27.5 Å². The van der Waals surface area contributed by atoms with Gasteiger partial charge in [-0.15, -0.1) is 5.10 Å². The number of carbonyl (C=O) groups is 3. The minimum Gasteiger partial charge on any atom is -0.489 e. The molecule has 12 heteroatoms. The molecule has 2 fully saturated rings. The highest BCUT2D eigenvalue weighted by Gasteiger charge is 2.38. The van der Waals surface area contributed by atoms with Crippen molar-refractivity contribution in [1.29, 1.82) is 0 Å². The molecule has 2 saturated heterocycles. The number of aromatic nitrogens is 4. The largest absolute Gasteiger partial charge is 0.489 e. The molecular formula is C25H33N7O5. The number of carbonyl (C=O) groups excluding carboxylic acids is 3. The summed E-state index contributed by atoms with van der Waals surface area (Å²) in [6.07, 6.45) is 7.53. The Kier molecular flexibility index (Phi) is 7.93. The summed E-state index contributed by atoms with van der Waals surface area (Å²) in [5.74, 6) is -0.121. The molecule has 5 heterocycles. The standard InChI is InChI=1S/C25H33N7O5/c33-22(30-10-3-1-2-4-11-30)7-8-23(34)31-15-19-21(16-31)37-17-18-14-32(29-28-18)12-13-36-20-6-5-9-26-24(20)25(35)27-19/h5-6,9,14,19,21H,1-4,7-8,10-13,15-17H2,(H,27,35)/t19-,21-/m0/s1. The van der Waals surface area contributed by atoms with Crippen LogP contribution in [0.1, 0.15) is 54.7 Å². The fourth-order valence-electron chi connectivity index (χ4n) is 5.01. The molecule has 0 aromatic carbocycles. The van der Waals surface area contributed by atoms with Crippen molar-refractivity contribution in [3.05, 3.63) is 35.9 Å². The van der Waals surface area contributed by atoms with Gasteiger partial charge in [-0.1, -0.05) is 18.1 Å². The van der Waals surface area contributed by atoms with Crippen LogP contribution in [0.3, 0.4) is 0 Å². The maximum Gasteiger partial charge on any atom is 0.274 e. The lowest BCUT2D eigenvalue weighted by Gasteiger charge is -2.21. The van der Waals surface area contributed by atoms with Gasteiger partial charge < -0.3 is 24.6 Å². The lowest BCUT2D eigenvalue weighted by atomic mass is 10.2. The summed E-state index contributed by atoms with van der Waals surface area (Å²) in [5.41, 5.74) is 0.822. The molecule has 0 radical (unpaired) electrons. The molecule has 3 amide bonds. The molecule has 3 aliphatic heterocycles. The average Bonchev–Trinajstić information content (AvgIpc) is 3.42. The summed E-state index contributed by atoms with van der Waals surface area (Å²) in [4.78, 5) is 46.6. The zero-order valence-corrected chi connectivity index (χ0v) is 20.9. The minimum atomic E-state index is -0.453. The summed E-state index contributed by atoms with van der Waals surface area (Å²) in [5, 5.41) is 11.2. The van der Waals surface area contributed by atoms with Gasteiger partial charge >= 0.3 is 0 Å². The predicted octanol–water partition coefficient (Wildman–Crippen LogP) is 0.774. The van der Waals surface area contributed by atoms with Crippen LogP contribution in [0.5, 0.6) is 5.75 Å². The normalized spacial score (nSPS) is 22.6. The van der Waals surface area contributed by atoms with Gasteiger partial charge in [0.05, 0.1) is 31.5 Å². The molecule has 2 aromatic heterocycles. The van der Waals surface area contributed by atoms with Gasteiger partial charge in [0.1, 0.15) is 12.3 Å². The lowest BCUT2D eigenvalue weighted by molar-refractivity contribution is -0.136. The molecule has 198 valence electrons. The monoisotopic (exact) mass is 511 g/mol. The average molecular weight is 512 g/mol. The smallest absolute Gasteiger partial charge is 0.274 e. The lowest BCUT2D eigenvalue weighted by Crippen LogP contribution is -2.44. The van der Waals surface area contributed by atoms with Crippen molar-refractivity contribution >= 4 is 17.7 Å². The third kappa shape index (κ3) is 6.24. The Balaban J connectivity index is 1.26. The summed E-state index contributed by atoms with van der Waals surface area (Å²) in [7, 11) is 0. The van der Waals surface area contributed by atoms with E-state index in [1.807, 2.05) is 4.90 Å². The van der Waals surface area contributed by atoms with E-state index in [0.717, 1.165) is 38.8 Å². The highest BCUT2D eigenvalue weighted by atomic mass is 16.5. The van der Waals surface area contributed by atoms with Crippen LogP contribution in [0, 0.1) is 0 Å². The van der Waals surface area contributed by atoms with Crippen LogP contribution in [-0.4, -0.2) is 92.4 Å². The molecular weight excluding hydrogens is 478 g/mol. The quantitative estimate of drug-likeness (QED) is 0.639. The number of hydrogen-bond donors (Lipinski definition) is 1. The third-order valence-corrected chi connectivity index (χ3v) is 7.04. The maximum atomic E-state index is 13.1. The van der Waals surface area contributed by atoms with E-state index in [2.05, 4.69) is 20.6 Å². The van der Waals surface area contributed by atoms with Crippen LogP contribution < -0.4 is 10.1 Å². The van der Waals surface area contributed by atoms with Gasteiger partial charge in [0.25, 0.3) is 5.91 Å². The van der Waals surface area contributed by atoms with Gasteiger partial charge in [0.15, 0.2) is 11.4 Å². The van der Waals surface area contributed by atoms with E-state index >= 15 is 0 Å². The number of nitrogens with zero attached hydrogens (tertiary/aromatic N) is 6. The van der Waals surface area contributed by atoms with Gasteiger partial charge in [0.2, 0.25) is 11.8 Å². The van der Waals surface area contributed by atoms with E-state index < -0.39 is 18.1 Å². The first-order valence-corrected chi connectivity index (χ1v) is 13.0. The molecule has 3 aliphatic rings. The van der Waals surface area contributed by atoms with Gasteiger partial charge in [0, 0.05) is 45.2 Å². The van der Waals surface area contributed by atoms with E-state index in [9.17, 15) is 14.4 Å². The summed E-state index contributed by atoms with van der Waals surface area (Å²) >= 11 is 0. The van der Waals surface area contributed by atoms with E-state index in [0.29, 0.717) is 31.1 Å². The molecule has 0 unspecified atom stereocenters.